The zero-order chi connectivity index (χ0) is 6.69. The molecule has 1 fully saturated rings. The van der Waals surface area contributed by atoms with Gasteiger partial charge in [-0.2, -0.15) is 0 Å². The van der Waals surface area contributed by atoms with Gasteiger partial charge >= 0.3 is 0 Å². The molecule has 1 aliphatic rings. The second kappa shape index (κ2) is 3.56. The molecule has 0 aromatic heterocycles. The first-order valence-corrected chi connectivity index (χ1v) is 5.46. The summed E-state index contributed by atoms with van der Waals surface area (Å²) >= 11 is 0. The van der Waals surface area contributed by atoms with Crippen molar-refractivity contribution < 1.29 is 0 Å². The Morgan fingerprint density at radius 2 is 2.33 bits per heavy atom. The van der Waals surface area contributed by atoms with Gasteiger partial charge in [-0.1, -0.05) is 20.3 Å². The molecule has 1 saturated heterocycles. The lowest BCUT2D eigenvalue weighted by atomic mass is 9.90. The van der Waals surface area contributed by atoms with Crippen LogP contribution in [0.25, 0.3) is 0 Å². The molecular formula is C8H17P. The van der Waals surface area contributed by atoms with Crippen molar-refractivity contribution in [1.82, 2.24) is 0 Å². The Balaban J connectivity index is 2.30. The van der Waals surface area contributed by atoms with Gasteiger partial charge < -0.3 is 0 Å². The molecule has 9 heavy (non-hydrogen) atoms. The van der Waals surface area contributed by atoms with Crippen LogP contribution in [0, 0.1) is 11.8 Å². The zero-order valence-corrected chi connectivity index (χ0v) is 7.48. The monoisotopic (exact) mass is 144 g/mol. The van der Waals surface area contributed by atoms with Crippen molar-refractivity contribution in [2.45, 2.75) is 26.7 Å². The Morgan fingerprint density at radius 1 is 1.56 bits per heavy atom. The lowest BCUT2D eigenvalue weighted by molar-refractivity contribution is 0.358. The molecule has 0 aliphatic carbocycles. The minimum Gasteiger partial charge on any atom is -0.122 e. The van der Waals surface area contributed by atoms with Crippen LogP contribution < -0.4 is 0 Å². The zero-order valence-electron chi connectivity index (χ0n) is 6.48. The normalized spacial score (nSPS) is 39.3. The summed E-state index contributed by atoms with van der Waals surface area (Å²) in [6.07, 6.45) is 5.95. The van der Waals surface area contributed by atoms with Gasteiger partial charge in [0.15, 0.2) is 0 Å². The van der Waals surface area contributed by atoms with E-state index in [1.54, 1.807) is 0 Å². The molecule has 0 aromatic carbocycles. The Morgan fingerprint density at radius 3 is 2.78 bits per heavy atom. The summed E-state index contributed by atoms with van der Waals surface area (Å²) in [5, 5.41) is 0. The summed E-state index contributed by atoms with van der Waals surface area (Å²) in [6, 6.07) is 0. The Labute approximate surface area is 60.2 Å². The van der Waals surface area contributed by atoms with Crippen LogP contribution in [0.15, 0.2) is 0 Å². The van der Waals surface area contributed by atoms with Crippen LogP contribution in [0.1, 0.15) is 26.7 Å². The molecule has 0 radical (unpaired) electrons. The Kier molecular flexibility index (Phi) is 2.98. The Hall–Kier alpha value is 0.430. The van der Waals surface area contributed by atoms with E-state index in [4.69, 9.17) is 0 Å². The third kappa shape index (κ3) is 1.93. The summed E-state index contributed by atoms with van der Waals surface area (Å²) in [5.41, 5.74) is 0. The summed E-state index contributed by atoms with van der Waals surface area (Å²) < 4.78 is 0. The van der Waals surface area contributed by atoms with Crippen molar-refractivity contribution in [1.29, 1.82) is 0 Å². The highest BCUT2D eigenvalue weighted by Gasteiger charge is 2.18. The highest BCUT2D eigenvalue weighted by Crippen LogP contribution is 2.33. The number of rotatable bonds is 1. The maximum absolute atomic E-state index is 2.42. The van der Waals surface area contributed by atoms with Gasteiger partial charge in [0.25, 0.3) is 0 Å². The topological polar surface area (TPSA) is 0 Å². The van der Waals surface area contributed by atoms with Crippen LogP contribution >= 0.6 is 8.58 Å². The van der Waals surface area contributed by atoms with Crippen LogP contribution in [0.5, 0.6) is 0 Å². The van der Waals surface area contributed by atoms with Gasteiger partial charge in [0.2, 0.25) is 0 Å². The molecule has 3 unspecified atom stereocenters. The fourth-order valence-corrected chi connectivity index (χ4v) is 3.24. The van der Waals surface area contributed by atoms with Gasteiger partial charge in [0.1, 0.15) is 0 Å². The van der Waals surface area contributed by atoms with Crippen molar-refractivity contribution in [3.8, 4) is 0 Å². The fraction of sp³-hybridized carbons (Fsp3) is 1.00. The van der Waals surface area contributed by atoms with E-state index in [0.717, 1.165) is 11.8 Å². The molecular weight excluding hydrogens is 127 g/mol. The van der Waals surface area contributed by atoms with E-state index in [9.17, 15) is 0 Å². The average Bonchev–Trinajstić information content (AvgIpc) is 1.89. The van der Waals surface area contributed by atoms with E-state index in [1.165, 1.54) is 33.7 Å². The maximum atomic E-state index is 2.42. The highest BCUT2D eigenvalue weighted by atomic mass is 31.1. The lowest BCUT2D eigenvalue weighted by Gasteiger charge is -2.27. The van der Waals surface area contributed by atoms with Crippen LogP contribution in [0.2, 0.25) is 0 Å². The van der Waals surface area contributed by atoms with Crippen LogP contribution in [-0.4, -0.2) is 12.3 Å². The standard InChI is InChI=1S/C8H17P/c1-3-8-4-5-9-6-7(8)2/h7-9H,3-6H2,1-2H3. The largest absolute Gasteiger partial charge is 0.122 e. The first-order chi connectivity index (χ1) is 4.34. The van der Waals surface area contributed by atoms with E-state index >= 15 is 0 Å². The summed E-state index contributed by atoms with van der Waals surface area (Å²) in [4.78, 5) is 0. The van der Waals surface area contributed by atoms with Gasteiger partial charge in [-0.3, -0.25) is 0 Å². The van der Waals surface area contributed by atoms with E-state index < -0.39 is 0 Å². The minimum absolute atomic E-state index is 1.03. The number of hydrogen-bond donors (Lipinski definition) is 0. The highest BCUT2D eigenvalue weighted by molar-refractivity contribution is 7.38. The predicted molar refractivity (Wildman–Crippen MR) is 45.6 cm³/mol. The quantitative estimate of drug-likeness (QED) is 0.496. The summed E-state index contributed by atoms with van der Waals surface area (Å²) in [7, 11) is 1.27. The van der Waals surface area contributed by atoms with Crippen molar-refractivity contribution in [3.05, 3.63) is 0 Å². The van der Waals surface area contributed by atoms with Crippen LogP contribution in [0.4, 0.5) is 0 Å². The van der Waals surface area contributed by atoms with E-state index in [1.807, 2.05) is 0 Å². The van der Waals surface area contributed by atoms with E-state index in [2.05, 4.69) is 13.8 Å². The molecule has 0 bridgehead atoms. The van der Waals surface area contributed by atoms with E-state index in [-0.39, 0.29) is 0 Å². The van der Waals surface area contributed by atoms with Crippen LogP contribution in [-0.2, 0) is 0 Å². The van der Waals surface area contributed by atoms with E-state index in [0.29, 0.717) is 0 Å². The molecule has 1 rings (SSSR count). The van der Waals surface area contributed by atoms with Crippen molar-refractivity contribution in [3.63, 3.8) is 0 Å². The smallest absolute Gasteiger partial charge is 0.0325 e. The van der Waals surface area contributed by atoms with Gasteiger partial charge in [-0.05, 0) is 30.6 Å². The predicted octanol–water partition coefficient (Wildman–Crippen LogP) is 2.73. The molecule has 54 valence electrons. The second-order valence-electron chi connectivity index (χ2n) is 3.14. The molecule has 0 aromatic rings. The van der Waals surface area contributed by atoms with Gasteiger partial charge in [-0.25, -0.2) is 0 Å². The third-order valence-electron chi connectivity index (χ3n) is 2.49. The fourth-order valence-electron chi connectivity index (χ4n) is 1.67. The van der Waals surface area contributed by atoms with Crippen molar-refractivity contribution >= 4 is 8.58 Å². The summed E-state index contributed by atoms with van der Waals surface area (Å²) in [6.45, 7) is 4.75. The van der Waals surface area contributed by atoms with Gasteiger partial charge in [0, 0.05) is 0 Å². The van der Waals surface area contributed by atoms with Crippen molar-refractivity contribution in [2.75, 3.05) is 12.3 Å². The van der Waals surface area contributed by atoms with Gasteiger partial charge in [-0.15, -0.1) is 8.58 Å². The van der Waals surface area contributed by atoms with Gasteiger partial charge in [0.05, 0.1) is 0 Å². The molecule has 0 saturated carbocycles. The molecule has 0 N–H and O–H groups in total. The molecule has 3 atom stereocenters. The maximum Gasteiger partial charge on any atom is -0.0325 e. The second-order valence-corrected chi connectivity index (χ2v) is 4.55. The number of hydrogen-bond acceptors (Lipinski definition) is 0. The van der Waals surface area contributed by atoms with Crippen LogP contribution in [0.3, 0.4) is 0 Å². The molecule has 1 aliphatic heterocycles. The molecule has 1 heteroatoms. The first-order valence-electron chi connectivity index (χ1n) is 4.05. The van der Waals surface area contributed by atoms with Crippen molar-refractivity contribution in [2.24, 2.45) is 11.8 Å². The Bertz CT molecular complexity index is 80.6. The minimum atomic E-state index is 1.03. The SMILES string of the molecule is CCC1CCPCC1C. The lowest BCUT2D eigenvalue weighted by Crippen LogP contribution is -2.17. The first kappa shape index (κ1) is 7.54. The molecule has 0 nitrogen and oxygen atoms in total. The average molecular weight is 144 g/mol. The molecule has 1 heterocycles. The third-order valence-corrected chi connectivity index (χ3v) is 4.06. The summed E-state index contributed by atoms with van der Waals surface area (Å²) in [5.74, 6) is 2.09. The molecule has 0 amide bonds. The molecule has 0 spiro atoms.